The molecule has 2 heterocycles. The molecule has 3 rings (SSSR count). The van der Waals surface area contributed by atoms with Crippen LogP contribution < -0.4 is 5.32 Å². The van der Waals surface area contributed by atoms with Gasteiger partial charge in [0.05, 0.1) is 5.69 Å². The molecular formula is C18H17F3N4O. The topological polar surface area (TPSA) is 59.3 Å². The quantitative estimate of drug-likeness (QED) is 0.739. The molecule has 1 N–H and O–H groups in total. The van der Waals surface area contributed by atoms with Crippen LogP contribution in [0.25, 0.3) is 5.65 Å². The molecule has 0 unspecified atom stereocenters. The summed E-state index contributed by atoms with van der Waals surface area (Å²) in [4.78, 5) is 16.6. The Morgan fingerprint density at radius 1 is 1.08 bits per heavy atom. The summed E-state index contributed by atoms with van der Waals surface area (Å²) in [6.07, 6.45) is -4.62. The highest BCUT2D eigenvalue weighted by atomic mass is 19.4. The standard InChI is InChI=1S/C18H17F3N4O/c1-17(2,3)13-10-14(18(19,20)21)25-15(23-13)9-12(24-25)16(26)22-11-7-5-4-6-8-11/h4-10H,1-3H3,(H,22,26). The summed E-state index contributed by atoms with van der Waals surface area (Å²) in [6, 6.07) is 10.8. The number of carbonyl (C=O) groups is 1. The summed E-state index contributed by atoms with van der Waals surface area (Å²) in [6.45, 7) is 5.31. The normalized spacial score (nSPS) is 12.4. The van der Waals surface area contributed by atoms with E-state index < -0.39 is 23.2 Å². The van der Waals surface area contributed by atoms with E-state index in [-0.39, 0.29) is 17.0 Å². The summed E-state index contributed by atoms with van der Waals surface area (Å²) in [5.41, 5.74) is -0.924. The number of para-hydroxylation sites is 1. The fourth-order valence-electron chi connectivity index (χ4n) is 2.39. The number of nitrogens with one attached hydrogen (secondary N) is 1. The number of amides is 1. The van der Waals surface area contributed by atoms with E-state index in [1.807, 2.05) is 0 Å². The van der Waals surface area contributed by atoms with Crippen LogP contribution in [-0.2, 0) is 11.6 Å². The zero-order valence-electron chi connectivity index (χ0n) is 14.4. The van der Waals surface area contributed by atoms with Gasteiger partial charge in [-0.15, -0.1) is 0 Å². The van der Waals surface area contributed by atoms with Crippen LogP contribution in [0.1, 0.15) is 42.6 Å². The molecule has 26 heavy (non-hydrogen) atoms. The Kier molecular flexibility index (Phi) is 4.21. The molecule has 0 saturated heterocycles. The lowest BCUT2D eigenvalue weighted by molar-refractivity contribution is -0.142. The Balaban J connectivity index is 2.08. The van der Waals surface area contributed by atoms with Crippen LogP contribution in [0.2, 0.25) is 0 Å². The number of alkyl halides is 3. The molecule has 3 aromatic rings. The zero-order valence-corrected chi connectivity index (χ0v) is 14.4. The van der Waals surface area contributed by atoms with E-state index in [0.717, 1.165) is 6.07 Å². The van der Waals surface area contributed by atoms with E-state index >= 15 is 0 Å². The fourth-order valence-corrected chi connectivity index (χ4v) is 2.39. The Morgan fingerprint density at radius 3 is 2.31 bits per heavy atom. The molecule has 0 radical (unpaired) electrons. The number of aromatic nitrogens is 3. The first kappa shape index (κ1) is 17.9. The third kappa shape index (κ3) is 3.54. The lowest BCUT2D eigenvalue weighted by Crippen LogP contribution is -2.20. The lowest BCUT2D eigenvalue weighted by atomic mass is 9.91. The number of hydrogen-bond donors (Lipinski definition) is 1. The second kappa shape index (κ2) is 6.12. The van der Waals surface area contributed by atoms with Crippen molar-refractivity contribution >= 4 is 17.2 Å². The Bertz CT molecular complexity index is 956. The van der Waals surface area contributed by atoms with Gasteiger partial charge in [0, 0.05) is 17.2 Å². The van der Waals surface area contributed by atoms with E-state index in [9.17, 15) is 18.0 Å². The second-order valence-electron chi connectivity index (χ2n) is 6.89. The molecule has 0 spiro atoms. The number of hydrogen-bond acceptors (Lipinski definition) is 3. The minimum absolute atomic E-state index is 0.0250. The van der Waals surface area contributed by atoms with E-state index in [1.165, 1.54) is 6.07 Å². The smallest absolute Gasteiger partial charge is 0.321 e. The number of carbonyl (C=O) groups excluding carboxylic acids is 1. The van der Waals surface area contributed by atoms with Crippen molar-refractivity contribution in [2.24, 2.45) is 0 Å². The van der Waals surface area contributed by atoms with Gasteiger partial charge in [-0.1, -0.05) is 39.0 Å². The summed E-state index contributed by atoms with van der Waals surface area (Å²) in [5, 5.41) is 6.42. The van der Waals surface area contributed by atoms with Crippen molar-refractivity contribution in [1.29, 1.82) is 0 Å². The highest BCUT2D eigenvalue weighted by molar-refractivity contribution is 6.03. The van der Waals surface area contributed by atoms with E-state index in [1.54, 1.807) is 51.1 Å². The molecule has 1 amide bonds. The van der Waals surface area contributed by atoms with Crippen LogP contribution in [0.3, 0.4) is 0 Å². The molecule has 0 bridgehead atoms. The Labute approximate surface area is 147 Å². The van der Waals surface area contributed by atoms with Gasteiger partial charge in [0.1, 0.15) is 5.69 Å². The molecule has 1 aromatic carbocycles. The van der Waals surface area contributed by atoms with Gasteiger partial charge in [-0.3, -0.25) is 4.79 Å². The minimum Gasteiger partial charge on any atom is -0.321 e. The summed E-state index contributed by atoms with van der Waals surface area (Å²) >= 11 is 0. The minimum atomic E-state index is -4.62. The van der Waals surface area contributed by atoms with Crippen LogP contribution in [0.15, 0.2) is 42.5 Å². The van der Waals surface area contributed by atoms with Crippen molar-refractivity contribution in [3.05, 3.63) is 59.5 Å². The van der Waals surface area contributed by atoms with Gasteiger partial charge in [0.2, 0.25) is 0 Å². The average molecular weight is 362 g/mol. The van der Waals surface area contributed by atoms with Crippen molar-refractivity contribution < 1.29 is 18.0 Å². The SMILES string of the molecule is CC(C)(C)c1cc(C(F)(F)F)n2nc(C(=O)Nc3ccccc3)cc2n1. The van der Waals surface area contributed by atoms with Crippen molar-refractivity contribution in [1.82, 2.24) is 14.6 Å². The van der Waals surface area contributed by atoms with Crippen molar-refractivity contribution in [3.63, 3.8) is 0 Å². The lowest BCUT2D eigenvalue weighted by Gasteiger charge is -2.19. The number of halogens is 3. The largest absolute Gasteiger partial charge is 0.433 e. The number of benzene rings is 1. The molecule has 0 aliphatic carbocycles. The van der Waals surface area contributed by atoms with Gasteiger partial charge in [0.25, 0.3) is 5.91 Å². The fraction of sp³-hybridized carbons (Fsp3) is 0.278. The highest BCUT2D eigenvalue weighted by Crippen LogP contribution is 2.32. The van der Waals surface area contributed by atoms with Gasteiger partial charge in [-0.2, -0.15) is 18.3 Å². The molecule has 2 aromatic heterocycles. The maximum absolute atomic E-state index is 13.5. The first-order chi connectivity index (χ1) is 12.1. The summed E-state index contributed by atoms with van der Waals surface area (Å²) < 4.78 is 41.0. The van der Waals surface area contributed by atoms with Crippen molar-refractivity contribution in [3.8, 4) is 0 Å². The van der Waals surface area contributed by atoms with Gasteiger partial charge in [0.15, 0.2) is 11.3 Å². The summed E-state index contributed by atoms with van der Waals surface area (Å²) in [5.74, 6) is -0.605. The van der Waals surface area contributed by atoms with E-state index in [4.69, 9.17) is 0 Å². The van der Waals surface area contributed by atoms with Crippen LogP contribution >= 0.6 is 0 Å². The van der Waals surface area contributed by atoms with Crippen LogP contribution in [0.5, 0.6) is 0 Å². The predicted octanol–water partition coefficient (Wildman–Crippen LogP) is 4.30. The molecule has 0 saturated carbocycles. The van der Waals surface area contributed by atoms with Gasteiger partial charge >= 0.3 is 6.18 Å². The molecule has 0 atom stereocenters. The second-order valence-corrected chi connectivity index (χ2v) is 6.89. The van der Waals surface area contributed by atoms with Crippen molar-refractivity contribution in [2.45, 2.75) is 32.4 Å². The number of anilines is 1. The maximum atomic E-state index is 13.5. The molecule has 0 aliphatic heterocycles. The zero-order chi connectivity index (χ0) is 19.1. The van der Waals surface area contributed by atoms with Crippen LogP contribution in [-0.4, -0.2) is 20.5 Å². The number of nitrogens with zero attached hydrogens (tertiary/aromatic N) is 3. The third-order valence-electron chi connectivity index (χ3n) is 3.75. The predicted molar refractivity (Wildman–Crippen MR) is 91.1 cm³/mol. The first-order valence-electron chi connectivity index (χ1n) is 7.90. The van der Waals surface area contributed by atoms with E-state index in [0.29, 0.717) is 10.2 Å². The van der Waals surface area contributed by atoms with E-state index in [2.05, 4.69) is 15.4 Å². The maximum Gasteiger partial charge on any atom is 0.433 e. The van der Waals surface area contributed by atoms with Crippen LogP contribution in [0.4, 0.5) is 18.9 Å². The molecule has 8 heteroatoms. The molecule has 136 valence electrons. The molecule has 5 nitrogen and oxygen atoms in total. The average Bonchev–Trinajstić information content (AvgIpc) is 2.97. The summed E-state index contributed by atoms with van der Waals surface area (Å²) in [7, 11) is 0. The van der Waals surface area contributed by atoms with Gasteiger partial charge in [-0.25, -0.2) is 9.50 Å². The van der Waals surface area contributed by atoms with Gasteiger partial charge < -0.3 is 5.32 Å². The molecular weight excluding hydrogens is 345 g/mol. The number of fused-ring (bicyclic) bond motifs is 1. The molecule has 0 fully saturated rings. The highest BCUT2D eigenvalue weighted by Gasteiger charge is 2.36. The van der Waals surface area contributed by atoms with Crippen molar-refractivity contribution in [2.75, 3.05) is 5.32 Å². The van der Waals surface area contributed by atoms with Gasteiger partial charge in [-0.05, 0) is 18.2 Å². The Morgan fingerprint density at radius 2 is 1.73 bits per heavy atom. The number of rotatable bonds is 2. The van der Waals surface area contributed by atoms with Crippen LogP contribution in [0, 0.1) is 0 Å². The molecule has 0 aliphatic rings. The monoisotopic (exact) mass is 362 g/mol. The Hall–Kier alpha value is -2.90. The first-order valence-corrected chi connectivity index (χ1v) is 7.90. The third-order valence-corrected chi connectivity index (χ3v) is 3.75.